The van der Waals surface area contributed by atoms with E-state index in [-0.39, 0.29) is 12.3 Å². The zero-order valence-corrected chi connectivity index (χ0v) is 10.8. The average molecular weight is 249 g/mol. The summed E-state index contributed by atoms with van der Waals surface area (Å²) >= 11 is 0. The summed E-state index contributed by atoms with van der Waals surface area (Å²) in [5.41, 5.74) is 2.18. The van der Waals surface area contributed by atoms with Crippen molar-refractivity contribution in [3.05, 3.63) is 35.4 Å². The van der Waals surface area contributed by atoms with Crippen LogP contribution >= 0.6 is 0 Å². The molecule has 1 amide bonds. The van der Waals surface area contributed by atoms with E-state index < -0.39 is 11.9 Å². The van der Waals surface area contributed by atoms with E-state index in [1.807, 2.05) is 38.1 Å². The van der Waals surface area contributed by atoms with Crippen molar-refractivity contribution in [1.82, 2.24) is 5.32 Å². The Hall–Kier alpha value is -1.84. The summed E-state index contributed by atoms with van der Waals surface area (Å²) in [5.74, 6) is -1.58. The highest BCUT2D eigenvalue weighted by Gasteiger charge is 2.19. The van der Waals surface area contributed by atoms with Crippen molar-refractivity contribution in [3.63, 3.8) is 0 Å². The van der Waals surface area contributed by atoms with Crippen LogP contribution < -0.4 is 5.32 Å². The summed E-state index contributed by atoms with van der Waals surface area (Å²) in [6.07, 6.45) is 0.419. The van der Waals surface area contributed by atoms with Gasteiger partial charge >= 0.3 is 5.97 Å². The second kappa shape index (κ2) is 6.79. The fraction of sp³-hybridized carbons (Fsp3) is 0.429. The van der Waals surface area contributed by atoms with Crippen molar-refractivity contribution in [2.24, 2.45) is 5.92 Å². The lowest BCUT2D eigenvalue weighted by molar-refractivity contribution is -0.141. The van der Waals surface area contributed by atoms with Crippen molar-refractivity contribution in [2.75, 3.05) is 0 Å². The molecule has 1 aromatic rings. The monoisotopic (exact) mass is 249 g/mol. The Bertz CT molecular complexity index is 412. The molecule has 1 rings (SSSR count). The van der Waals surface area contributed by atoms with Gasteiger partial charge < -0.3 is 10.4 Å². The molecule has 0 radical (unpaired) electrons. The maximum Gasteiger partial charge on any atom is 0.304 e. The molecule has 98 valence electrons. The van der Waals surface area contributed by atoms with Gasteiger partial charge in [-0.1, -0.05) is 36.8 Å². The van der Waals surface area contributed by atoms with Gasteiger partial charge in [-0.2, -0.15) is 0 Å². The largest absolute Gasteiger partial charge is 0.481 e. The molecule has 1 aromatic carbocycles. The van der Waals surface area contributed by atoms with E-state index in [0.29, 0.717) is 13.0 Å². The van der Waals surface area contributed by atoms with E-state index >= 15 is 0 Å². The van der Waals surface area contributed by atoms with Gasteiger partial charge in [0, 0.05) is 12.5 Å². The van der Waals surface area contributed by atoms with E-state index in [9.17, 15) is 9.59 Å². The zero-order chi connectivity index (χ0) is 13.5. The number of carboxylic acids is 1. The molecule has 0 bridgehead atoms. The number of aliphatic carboxylic acids is 1. The Morgan fingerprint density at radius 1 is 1.28 bits per heavy atom. The highest BCUT2D eigenvalue weighted by molar-refractivity contribution is 5.83. The molecule has 18 heavy (non-hydrogen) atoms. The van der Waals surface area contributed by atoms with Crippen molar-refractivity contribution in [3.8, 4) is 0 Å². The minimum absolute atomic E-state index is 0.115. The Morgan fingerprint density at radius 2 is 1.89 bits per heavy atom. The molecule has 0 aliphatic carbocycles. The van der Waals surface area contributed by atoms with E-state index in [1.54, 1.807) is 0 Å². The lowest BCUT2D eigenvalue weighted by atomic mass is 10.0. The second-order valence-electron chi connectivity index (χ2n) is 4.41. The van der Waals surface area contributed by atoms with Gasteiger partial charge in [-0.05, 0) is 18.9 Å². The van der Waals surface area contributed by atoms with Crippen molar-refractivity contribution in [2.45, 2.75) is 33.2 Å². The number of hydrogen-bond donors (Lipinski definition) is 2. The molecule has 2 N–H and O–H groups in total. The highest BCUT2D eigenvalue weighted by atomic mass is 16.4. The first-order valence-corrected chi connectivity index (χ1v) is 6.08. The predicted octanol–water partition coefficient (Wildman–Crippen LogP) is 2.11. The number of benzene rings is 1. The Labute approximate surface area is 107 Å². The fourth-order valence-corrected chi connectivity index (χ4v) is 1.67. The molecule has 4 heteroatoms. The third-order valence-electron chi connectivity index (χ3n) is 2.87. The molecule has 0 aliphatic heterocycles. The first kappa shape index (κ1) is 14.2. The SMILES string of the molecule is CCC(CC(=O)O)C(=O)NCc1ccc(C)cc1. The smallest absolute Gasteiger partial charge is 0.304 e. The van der Waals surface area contributed by atoms with Crippen molar-refractivity contribution in [1.29, 1.82) is 0 Å². The maximum atomic E-state index is 11.8. The van der Waals surface area contributed by atoms with E-state index in [4.69, 9.17) is 5.11 Å². The summed E-state index contributed by atoms with van der Waals surface area (Å²) in [5, 5.41) is 11.5. The topological polar surface area (TPSA) is 66.4 Å². The molecule has 0 saturated heterocycles. The summed E-state index contributed by atoms with van der Waals surface area (Å²) in [7, 11) is 0. The Balaban J connectivity index is 2.49. The standard InChI is InChI=1S/C14H19NO3/c1-3-12(8-13(16)17)14(18)15-9-11-6-4-10(2)5-7-11/h4-7,12H,3,8-9H2,1-2H3,(H,15,18)(H,16,17). The molecule has 4 nitrogen and oxygen atoms in total. The average Bonchev–Trinajstić information content (AvgIpc) is 2.34. The number of carbonyl (C=O) groups excluding carboxylic acids is 1. The molecule has 0 fully saturated rings. The van der Waals surface area contributed by atoms with Gasteiger partial charge in [0.1, 0.15) is 0 Å². The van der Waals surface area contributed by atoms with Crippen LogP contribution in [0.15, 0.2) is 24.3 Å². The Morgan fingerprint density at radius 3 is 2.39 bits per heavy atom. The molecule has 0 aliphatic rings. The van der Waals surface area contributed by atoms with Gasteiger partial charge in [-0.15, -0.1) is 0 Å². The van der Waals surface area contributed by atoms with Crippen LogP contribution in [0, 0.1) is 12.8 Å². The molecule has 0 aromatic heterocycles. The highest BCUT2D eigenvalue weighted by Crippen LogP contribution is 2.09. The molecule has 0 heterocycles. The van der Waals surface area contributed by atoms with Crippen LogP contribution in [0.4, 0.5) is 0 Å². The lowest BCUT2D eigenvalue weighted by Crippen LogP contribution is -2.31. The predicted molar refractivity (Wildman–Crippen MR) is 69.1 cm³/mol. The number of nitrogens with one attached hydrogen (secondary N) is 1. The minimum Gasteiger partial charge on any atom is -0.481 e. The van der Waals surface area contributed by atoms with Crippen LogP contribution in [-0.2, 0) is 16.1 Å². The molecule has 1 unspecified atom stereocenters. The van der Waals surface area contributed by atoms with Gasteiger partial charge in [0.05, 0.1) is 6.42 Å². The number of rotatable bonds is 6. The fourth-order valence-electron chi connectivity index (χ4n) is 1.67. The van der Waals surface area contributed by atoms with Crippen molar-refractivity contribution >= 4 is 11.9 Å². The maximum absolute atomic E-state index is 11.8. The van der Waals surface area contributed by atoms with E-state index in [2.05, 4.69) is 5.32 Å². The third kappa shape index (κ3) is 4.57. The molecular formula is C14H19NO3. The molecule has 0 spiro atoms. The van der Waals surface area contributed by atoms with Gasteiger partial charge in [0.25, 0.3) is 0 Å². The van der Waals surface area contributed by atoms with Crippen LogP contribution in [0.3, 0.4) is 0 Å². The molecular weight excluding hydrogens is 230 g/mol. The molecule has 0 saturated carbocycles. The molecule has 1 atom stereocenters. The van der Waals surface area contributed by atoms with E-state index in [1.165, 1.54) is 5.56 Å². The van der Waals surface area contributed by atoms with Gasteiger partial charge in [-0.3, -0.25) is 9.59 Å². The van der Waals surface area contributed by atoms with E-state index in [0.717, 1.165) is 5.56 Å². The summed E-state index contributed by atoms with van der Waals surface area (Å²) in [4.78, 5) is 22.4. The first-order valence-electron chi connectivity index (χ1n) is 6.08. The zero-order valence-electron chi connectivity index (χ0n) is 10.8. The number of hydrogen-bond acceptors (Lipinski definition) is 2. The second-order valence-corrected chi connectivity index (χ2v) is 4.41. The van der Waals surface area contributed by atoms with Crippen LogP contribution in [0.2, 0.25) is 0 Å². The Kier molecular flexibility index (Phi) is 5.36. The summed E-state index contributed by atoms with van der Waals surface area (Å²) in [6, 6.07) is 7.87. The van der Waals surface area contributed by atoms with Crippen molar-refractivity contribution < 1.29 is 14.7 Å². The number of aryl methyl sites for hydroxylation is 1. The van der Waals surface area contributed by atoms with Gasteiger partial charge in [0.15, 0.2) is 0 Å². The number of amides is 1. The van der Waals surface area contributed by atoms with Gasteiger partial charge in [0.2, 0.25) is 5.91 Å². The van der Waals surface area contributed by atoms with Crippen LogP contribution in [0.5, 0.6) is 0 Å². The van der Waals surface area contributed by atoms with Crippen LogP contribution in [0.25, 0.3) is 0 Å². The minimum atomic E-state index is -0.938. The normalized spacial score (nSPS) is 11.9. The van der Waals surface area contributed by atoms with Crippen LogP contribution in [-0.4, -0.2) is 17.0 Å². The third-order valence-corrected chi connectivity index (χ3v) is 2.87. The number of carbonyl (C=O) groups is 2. The summed E-state index contributed by atoms with van der Waals surface area (Å²) < 4.78 is 0. The number of carboxylic acid groups (broad SMARTS) is 1. The quantitative estimate of drug-likeness (QED) is 0.811. The summed E-state index contributed by atoms with van der Waals surface area (Å²) in [6.45, 7) is 4.26. The first-order chi connectivity index (χ1) is 8.52. The van der Waals surface area contributed by atoms with Crippen LogP contribution in [0.1, 0.15) is 30.9 Å². The lowest BCUT2D eigenvalue weighted by Gasteiger charge is -2.12. The van der Waals surface area contributed by atoms with Gasteiger partial charge in [-0.25, -0.2) is 0 Å².